The highest BCUT2D eigenvalue weighted by Crippen LogP contribution is 2.26. The van der Waals surface area contributed by atoms with Crippen molar-refractivity contribution < 1.29 is 9.53 Å². The first-order chi connectivity index (χ1) is 16.1. The minimum Gasteiger partial charge on any atom is -0.497 e. The Morgan fingerprint density at radius 3 is 2.67 bits per heavy atom. The average molecular weight is 441 g/mol. The number of carbonyl (C=O) groups is 1. The number of nitrogens with zero attached hydrogens (tertiary/aromatic N) is 1. The summed E-state index contributed by atoms with van der Waals surface area (Å²) in [5.41, 5.74) is 5.45. The van der Waals surface area contributed by atoms with E-state index in [2.05, 4.69) is 20.9 Å². The highest BCUT2D eigenvalue weighted by molar-refractivity contribution is 5.96. The van der Waals surface area contributed by atoms with E-state index in [0.717, 1.165) is 39.3 Å². The largest absolute Gasteiger partial charge is 0.497 e. The molecule has 6 nitrogen and oxygen atoms in total. The van der Waals surface area contributed by atoms with Crippen LogP contribution < -0.4 is 20.7 Å². The van der Waals surface area contributed by atoms with E-state index < -0.39 is 0 Å². The number of para-hydroxylation sites is 1. The maximum atomic E-state index is 12.6. The van der Waals surface area contributed by atoms with Gasteiger partial charge in [0.05, 0.1) is 12.6 Å². The van der Waals surface area contributed by atoms with E-state index >= 15 is 0 Å². The third-order valence-corrected chi connectivity index (χ3v) is 5.30. The molecular weight excluding hydrogens is 412 g/mol. The molecule has 4 aromatic rings. The van der Waals surface area contributed by atoms with Crippen LogP contribution >= 0.6 is 0 Å². The van der Waals surface area contributed by atoms with Gasteiger partial charge in [-0.05, 0) is 55.0 Å². The molecule has 3 N–H and O–H groups in total. The van der Waals surface area contributed by atoms with Crippen molar-refractivity contribution in [2.24, 2.45) is 0 Å². The molecule has 0 fully saturated rings. The highest BCUT2D eigenvalue weighted by atomic mass is 16.5. The van der Waals surface area contributed by atoms with Gasteiger partial charge in [-0.25, -0.2) is 0 Å². The zero-order valence-electron chi connectivity index (χ0n) is 18.9. The maximum Gasteiger partial charge on any atom is 0.251 e. The van der Waals surface area contributed by atoms with E-state index in [-0.39, 0.29) is 5.91 Å². The van der Waals surface area contributed by atoms with Gasteiger partial charge in [0, 0.05) is 47.7 Å². The summed E-state index contributed by atoms with van der Waals surface area (Å²) in [6.45, 7) is 3.90. The SMILES string of the molecule is COc1cccc(CNCCNC(=O)c2cccc(Nc3cc(C)nc4ccccc34)c2)c1. The van der Waals surface area contributed by atoms with E-state index in [9.17, 15) is 4.79 Å². The molecule has 0 spiro atoms. The molecule has 168 valence electrons. The number of methoxy groups -OCH3 is 1. The molecule has 0 atom stereocenters. The van der Waals surface area contributed by atoms with Crippen LogP contribution in [0.1, 0.15) is 21.6 Å². The van der Waals surface area contributed by atoms with Gasteiger partial charge in [-0.2, -0.15) is 0 Å². The second-order valence-electron chi connectivity index (χ2n) is 7.82. The topological polar surface area (TPSA) is 75.3 Å². The lowest BCUT2D eigenvalue weighted by Crippen LogP contribution is -2.31. The molecular formula is C27H28N4O2. The van der Waals surface area contributed by atoms with Gasteiger partial charge in [-0.3, -0.25) is 9.78 Å². The Morgan fingerprint density at radius 1 is 0.939 bits per heavy atom. The van der Waals surface area contributed by atoms with Crippen molar-refractivity contribution in [3.8, 4) is 5.75 Å². The van der Waals surface area contributed by atoms with Gasteiger partial charge in [0.2, 0.25) is 0 Å². The van der Waals surface area contributed by atoms with Crippen LogP contribution in [0.5, 0.6) is 5.75 Å². The Kier molecular flexibility index (Phi) is 7.17. The van der Waals surface area contributed by atoms with Crippen molar-refractivity contribution in [1.82, 2.24) is 15.6 Å². The summed E-state index contributed by atoms with van der Waals surface area (Å²) in [4.78, 5) is 17.2. The Bertz CT molecular complexity index is 1260. The van der Waals surface area contributed by atoms with Crippen molar-refractivity contribution in [1.29, 1.82) is 0 Å². The Hall–Kier alpha value is -3.90. The molecule has 0 aliphatic carbocycles. The Morgan fingerprint density at radius 2 is 1.79 bits per heavy atom. The first kappa shape index (κ1) is 22.3. The number of rotatable bonds is 9. The fourth-order valence-corrected chi connectivity index (χ4v) is 3.69. The summed E-state index contributed by atoms with van der Waals surface area (Å²) in [6.07, 6.45) is 0. The van der Waals surface area contributed by atoms with Gasteiger partial charge in [0.1, 0.15) is 5.75 Å². The number of ether oxygens (including phenoxy) is 1. The number of carbonyl (C=O) groups excluding carboxylic acids is 1. The monoisotopic (exact) mass is 440 g/mol. The second-order valence-corrected chi connectivity index (χ2v) is 7.82. The molecule has 0 saturated heterocycles. The van der Waals surface area contributed by atoms with Gasteiger partial charge in [-0.15, -0.1) is 0 Å². The molecule has 0 aliphatic rings. The van der Waals surface area contributed by atoms with Crippen LogP contribution in [0.4, 0.5) is 11.4 Å². The highest BCUT2D eigenvalue weighted by Gasteiger charge is 2.08. The van der Waals surface area contributed by atoms with Crippen molar-refractivity contribution in [3.63, 3.8) is 0 Å². The summed E-state index contributed by atoms with van der Waals surface area (Å²) in [6, 6.07) is 25.5. The summed E-state index contributed by atoms with van der Waals surface area (Å²) in [5, 5.41) is 10.8. The fourth-order valence-electron chi connectivity index (χ4n) is 3.69. The zero-order valence-corrected chi connectivity index (χ0v) is 18.9. The lowest BCUT2D eigenvalue weighted by Gasteiger charge is -2.12. The first-order valence-electron chi connectivity index (χ1n) is 11.0. The minimum atomic E-state index is -0.0994. The van der Waals surface area contributed by atoms with Crippen LogP contribution in [0.3, 0.4) is 0 Å². The molecule has 0 unspecified atom stereocenters. The van der Waals surface area contributed by atoms with Crippen molar-refractivity contribution in [2.45, 2.75) is 13.5 Å². The number of hydrogen-bond acceptors (Lipinski definition) is 5. The number of anilines is 2. The predicted octanol–water partition coefficient (Wildman–Crippen LogP) is 4.82. The first-order valence-corrected chi connectivity index (χ1v) is 11.0. The van der Waals surface area contributed by atoms with Crippen LogP contribution in [-0.4, -0.2) is 31.1 Å². The molecule has 0 radical (unpaired) electrons. The lowest BCUT2D eigenvalue weighted by atomic mass is 10.1. The van der Waals surface area contributed by atoms with Crippen molar-refractivity contribution >= 4 is 28.2 Å². The summed E-state index contributed by atoms with van der Waals surface area (Å²) >= 11 is 0. The number of aryl methyl sites for hydroxylation is 1. The summed E-state index contributed by atoms with van der Waals surface area (Å²) in [7, 11) is 1.66. The van der Waals surface area contributed by atoms with Crippen LogP contribution in [0.15, 0.2) is 78.9 Å². The molecule has 0 bridgehead atoms. The number of benzene rings is 3. The van der Waals surface area contributed by atoms with E-state index in [0.29, 0.717) is 25.2 Å². The molecule has 4 rings (SSSR count). The van der Waals surface area contributed by atoms with E-state index in [1.165, 1.54) is 0 Å². The number of aromatic nitrogens is 1. The molecule has 33 heavy (non-hydrogen) atoms. The third kappa shape index (κ3) is 5.87. The number of amides is 1. The Labute approximate surface area is 194 Å². The van der Waals surface area contributed by atoms with E-state index in [1.54, 1.807) is 7.11 Å². The standard InChI is InChI=1S/C27H28N4O2/c1-19-15-26(24-11-3-4-12-25(24)30-19)31-22-9-6-8-21(17-22)27(32)29-14-13-28-18-20-7-5-10-23(16-20)33-2/h3-12,15-17,28H,13-14,18H2,1-2H3,(H,29,32)(H,30,31). The quantitative estimate of drug-likeness (QED) is 0.326. The molecule has 1 heterocycles. The van der Waals surface area contributed by atoms with Gasteiger partial charge >= 0.3 is 0 Å². The smallest absolute Gasteiger partial charge is 0.251 e. The van der Waals surface area contributed by atoms with Crippen LogP contribution in [-0.2, 0) is 6.54 Å². The molecule has 6 heteroatoms. The van der Waals surface area contributed by atoms with Crippen LogP contribution in [0.2, 0.25) is 0 Å². The fraction of sp³-hybridized carbons (Fsp3) is 0.185. The number of pyridine rings is 1. The van der Waals surface area contributed by atoms with Gasteiger partial charge < -0.3 is 20.7 Å². The molecule has 0 saturated carbocycles. The van der Waals surface area contributed by atoms with E-state index in [1.807, 2.05) is 85.8 Å². The second kappa shape index (κ2) is 10.6. The van der Waals surface area contributed by atoms with Crippen LogP contribution in [0, 0.1) is 6.92 Å². The molecule has 1 aromatic heterocycles. The lowest BCUT2D eigenvalue weighted by molar-refractivity contribution is 0.0954. The van der Waals surface area contributed by atoms with Gasteiger partial charge in [0.15, 0.2) is 0 Å². The van der Waals surface area contributed by atoms with Crippen molar-refractivity contribution in [3.05, 3.63) is 95.7 Å². The molecule has 3 aromatic carbocycles. The summed E-state index contributed by atoms with van der Waals surface area (Å²) in [5.74, 6) is 0.739. The minimum absolute atomic E-state index is 0.0994. The Balaban J connectivity index is 1.32. The molecule has 1 amide bonds. The van der Waals surface area contributed by atoms with Gasteiger partial charge in [-0.1, -0.05) is 36.4 Å². The van der Waals surface area contributed by atoms with Crippen LogP contribution in [0.25, 0.3) is 10.9 Å². The third-order valence-electron chi connectivity index (χ3n) is 5.30. The summed E-state index contributed by atoms with van der Waals surface area (Å²) < 4.78 is 5.24. The normalized spacial score (nSPS) is 10.7. The number of hydrogen-bond donors (Lipinski definition) is 3. The van der Waals surface area contributed by atoms with Crippen molar-refractivity contribution in [2.75, 3.05) is 25.5 Å². The molecule has 0 aliphatic heterocycles. The maximum absolute atomic E-state index is 12.6. The zero-order chi connectivity index (χ0) is 23.0. The number of nitrogens with one attached hydrogen (secondary N) is 3. The average Bonchev–Trinajstić information content (AvgIpc) is 2.84. The van der Waals surface area contributed by atoms with E-state index in [4.69, 9.17) is 4.74 Å². The predicted molar refractivity (Wildman–Crippen MR) is 133 cm³/mol. The number of fused-ring (bicyclic) bond motifs is 1. The van der Waals surface area contributed by atoms with Gasteiger partial charge in [0.25, 0.3) is 5.91 Å².